The molecule has 2 aromatic carbocycles. The van der Waals surface area contributed by atoms with Gasteiger partial charge in [0, 0.05) is 37.9 Å². The number of aryl methyl sites for hydroxylation is 1. The number of rotatable bonds is 12. The number of carbonyl (C=O) groups is 1. The van der Waals surface area contributed by atoms with E-state index in [4.69, 9.17) is 14.2 Å². The number of nitrogens with one attached hydrogen (secondary N) is 3. The van der Waals surface area contributed by atoms with Gasteiger partial charge >= 0.3 is 0 Å². The summed E-state index contributed by atoms with van der Waals surface area (Å²) in [5.74, 6) is 2.08. The summed E-state index contributed by atoms with van der Waals surface area (Å²) in [6.45, 7) is 7.26. The number of methoxy groups -OCH3 is 2. The van der Waals surface area contributed by atoms with E-state index in [1.807, 2.05) is 32.0 Å². The molecule has 0 unspecified atom stereocenters. The lowest BCUT2D eigenvalue weighted by atomic mass is 10.1. The molecular weight excluding hydrogens is 408 g/mol. The molecule has 0 aliphatic heterocycles. The van der Waals surface area contributed by atoms with Crippen LogP contribution in [0.2, 0.25) is 0 Å². The first-order valence-electron chi connectivity index (χ1n) is 10.7. The Bertz CT molecular complexity index is 869. The van der Waals surface area contributed by atoms with Crippen LogP contribution in [-0.2, 0) is 11.3 Å². The third-order valence-electron chi connectivity index (χ3n) is 4.57. The number of benzene rings is 2. The van der Waals surface area contributed by atoms with Gasteiger partial charge in [0.2, 0.25) is 0 Å². The van der Waals surface area contributed by atoms with Crippen LogP contribution in [0.1, 0.15) is 28.4 Å². The fraction of sp³-hybridized carbons (Fsp3) is 0.417. The van der Waals surface area contributed by atoms with Crippen molar-refractivity contribution in [3.8, 4) is 11.5 Å². The van der Waals surface area contributed by atoms with Crippen LogP contribution in [-0.4, -0.2) is 58.9 Å². The van der Waals surface area contributed by atoms with Gasteiger partial charge in [0.15, 0.2) is 5.96 Å². The summed E-state index contributed by atoms with van der Waals surface area (Å²) in [5, 5.41) is 9.36. The molecule has 2 rings (SSSR count). The lowest BCUT2D eigenvalue weighted by Crippen LogP contribution is -2.41. The molecule has 0 atom stereocenters. The highest BCUT2D eigenvalue weighted by Crippen LogP contribution is 2.21. The van der Waals surface area contributed by atoms with E-state index in [0.717, 1.165) is 29.2 Å². The van der Waals surface area contributed by atoms with Crippen LogP contribution < -0.4 is 25.4 Å². The molecule has 0 aliphatic rings. The van der Waals surface area contributed by atoms with Crippen LogP contribution in [0.5, 0.6) is 11.5 Å². The maximum Gasteiger partial charge on any atom is 0.251 e. The minimum Gasteiger partial charge on any atom is -0.497 e. The van der Waals surface area contributed by atoms with Crippen molar-refractivity contribution < 1.29 is 19.0 Å². The van der Waals surface area contributed by atoms with Crippen LogP contribution in [0, 0.1) is 6.92 Å². The first-order valence-corrected chi connectivity index (χ1v) is 10.7. The topological polar surface area (TPSA) is 93.2 Å². The Labute approximate surface area is 190 Å². The Morgan fingerprint density at radius 1 is 0.969 bits per heavy atom. The SMILES string of the molecule is CCNC(=NCc1ccc(C)cc1OCCOC)NCCNC(=O)c1ccc(OC)cc1. The summed E-state index contributed by atoms with van der Waals surface area (Å²) in [6.07, 6.45) is 0. The Morgan fingerprint density at radius 3 is 2.41 bits per heavy atom. The highest BCUT2D eigenvalue weighted by Gasteiger charge is 2.07. The average Bonchev–Trinajstić information content (AvgIpc) is 2.81. The highest BCUT2D eigenvalue weighted by atomic mass is 16.5. The molecule has 0 spiro atoms. The molecule has 0 aliphatic carbocycles. The number of guanidine groups is 1. The predicted octanol–water partition coefficient (Wildman–Crippen LogP) is 2.51. The van der Waals surface area contributed by atoms with Crippen molar-refractivity contribution in [1.29, 1.82) is 0 Å². The van der Waals surface area contributed by atoms with Crippen molar-refractivity contribution >= 4 is 11.9 Å². The molecule has 1 amide bonds. The van der Waals surface area contributed by atoms with Gasteiger partial charge in [-0.3, -0.25) is 4.79 Å². The second-order valence-electron chi connectivity index (χ2n) is 7.06. The van der Waals surface area contributed by atoms with Crippen molar-refractivity contribution in [3.05, 3.63) is 59.2 Å². The Kier molecular flexibility index (Phi) is 10.9. The fourth-order valence-electron chi connectivity index (χ4n) is 2.87. The van der Waals surface area contributed by atoms with Crippen LogP contribution in [0.4, 0.5) is 0 Å². The standard InChI is InChI=1S/C24H34N4O4/c1-5-25-24(27-13-12-26-23(29)19-8-10-21(31-4)11-9-19)28-17-20-7-6-18(2)16-22(20)32-15-14-30-3/h6-11,16H,5,12-15,17H2,1-4H3,(H,26,29)(H2,25,27,28). The second kappa shape index (κ2) is 13.9. The molecule has 0 fully saturated rings. The summed E-state index contributed by atoms with van der Waals surface area (Å²) in [5.41, 5.74) is 2.71. The molecule has 32 heavy (non-hydrogen) atoms. The highest BCUT2D eigenvalue weighted by molar-refractivity contribution is 5.94. The van der Waals surface area contributed by atoms with Gasteiger partial charge in [-0.15, -0.1) is 0 Å². The summed E-state index contributed by atoms with van der Waals surface area (Å²) >= 11 is 0. The van der Waals surface area contributed by atoms with E-state index in [0.29, 0.717) is 44.4 Å². The Morgan fingerprint density at radius 2 is 1.72 bits per heavy atom. The lowest BCUT2D eigenvalue weighted by Gasteiger charge is -2.14. The van der Waals surface area contributed by atoms with Crippen molar-refractivity contribution in [3.63, 3.8) is 0 Å². The number of aliphatic imine (C=N–C) groups is 1. The van der Waals surface area contributed by atoms with Gasteiger partial charge in [-0.05, 0) is 49.7 Å². The number of carbonyl (C=O) groups excluding carboxylic acids is 1. The van der Waals surface area contributed by atoms with Crippen molar-refractivity contribution in [1.82, 2.24) is 16.0 Å². The van der Waals surface area contributed by atoms with Crippen molar-refractivity contribution in [2.24, 2.45) is 4.99 Å². The second-order valence-corrected chi connectivity index (χ2v) is 7.06. The van der Waals surface area contributed by atoms with E-state index >= 15 is 0 Å². The largest absolute Gasteiger partial charge is 0.497 e. The molecule has 0 saturated carbocycles. The zero-order valence-electron chi connectivity index (χ0n) is 19.4. The molecule has 8 nitrogen and oxygen atoms in total. The molecule has 0 bridgehead atoms. The van der Waals surface area contributed by atoms with Gasteiger partial charge in [-0.2, -0.15) is 0 Å². The Balaban J connectivity index is 1.88. The lowest BCUT2D eigenvalue weighted by molar-refractivity contribution is 0.0954. The maximum atomic E-state index is 12.3. The smallest absolute Gasteiger partial charge is 0.251 e. The first-order chi connectivity index (χ1) is 15.6. The molecule has 0 saturated heterocycles. The van der Waals surface area contributed by atoms with Crippen LogP contribution in [0.25, 0.3) is 0 Å². The summed E-state index contributed by atoms with van der Waals surface area (Å²) in [6, 6.07) is 13.1. The van der Waals surface area contributed by atoms with Crippen molar-refractivity contribution in [2.75, 3.05) is 47.1 Å². The van der Waals surface area contributed by atoms with E-state index < -0.39 is 0 Å². The van der Waals surface area contributed by atoms with E-state index in [1.54, 1.807) is 38.5 Å². The van der Waals surface area contributed by atoms with E-state index in [2.05, 4.69) is 20.9 Å². The molecule has 174 valence electrons. The molecular formula is C24H34N4O4. The fourth-order valence-corrected chi connectivity index (χ4v) is 2.87. The van der Waals surface area contributed by atoms with Gasteiger partial charge in [0.25, 0.3) is 5.91 Å². The number of ether oxygens (including phenoxy) is 3. The molecule has 3 N–H and O–H groups in total. The molecule has 0 radical (unpaired) electrons. The van der Waals surface area contributed by atoms with E-state index in [1.165, 1.54) is 0 Å². The number of hydrogen-bond donors (Lipinski definition) is 3. The third-order valence-corrected chi connectivity index (χ3v) is 4.57. The monoisotopic (exact) mass is 442 g/mol. The van der Waals surface area contributed by atoms with Crippen LogP contribution in [0.15, 0.2) is 47.5 Å². The minimum absolute atomic E-state index is 0.131. The van der Waals surface area contributed by atoms with Crippen LogP contribution >= 0.6 is 0 Å². The normalized spacial score (nSPS) is 11.1. The van der Waals surface area contributed by atoms with Gasteiger partial charge in [0.1, 0.15) is 18.1 Å². The first kappa shape index (κ1) is 25.0. The summed E-state index contributed by atoms with van der Waals surface area (Å²) < 4.78 is 16.0. The van der Waals surface area contributed by atoms with Gasteiger partial charge in [0.05, 0.1) is 20.3 Å². The molecule has 8 heteroatoms. The number of amides is 1. The van der Waals surface area contributed by atoms with Crippen LogP contribution in [0.3, 0.4) is 0 Å². The summed E-state index contributed by atoms with van der Waals surface area (Å²) in [4.78, 5) is 16.9. The summed E-state index contributed by atoms with van der Waals surface area (Å²) in [7, 11) is 3.25. The average molecular weight is 443 g/mol. The minimum atomic E-state index is -0.131. The van der Waals surface area contributed by atoms with Gasteiger partial charge in [-0.1, -0.05) is 12.1 Å². The molecule has 0 aromatic heterocycles. The number of hydrogen-bond acceptors (Lipinski definition) is 5. The van der Waals surface area contributed by atoms with Gasteiger partial charge in [-0.25, -0.2) is 4.99 Å². The third kappa shape index (κ3) is 8.47. The molecule has 0 heterocycles. The maximum absolute atomic E-state index is 12.3. The zero-order valence-corrected chi connectivity index (χ0v) is 19.4. The van der Waals surface area contributed by atoms with E-state index in [9.17, 15) is 4.79 Å². The quantitative estimate of drug-likeness (QED) is 0.266. The Hall–Kier alpha value is -3.26. The van der Waals surface area contributed by atoms with Crippen molar-refractivity contribution in [2.45, 2.75) is 20.4 Å². The number of nitrogens with zero attached hydrogens (tertiary/aromatic N) is 1. The van der Waals surface area contributed by atoms with Gasteiger partial charge < -0.3 is 30.2 Å². The molecule has 2 aromatic rings. The van der Waals surface area contributed by atoms with E-state index in [-0.39, 0.29) is 5.91 Å². The zero-order chi connectivity index (χ0) is 23.2. The predicted molar refractivity (Wildman–Crippen MR) is 127 cm³/mol.